The van der Waals surface area contributed by atoms with E-state index in [9.17, 15) is 9.90 Å². The molecule has 0 amide bonds. The van der Waals surface area contributed by atoms with Gasteiger partial charge in [-0.3, -0.25) is 4.79 Å². The Morgan fingerprint density at radius 2 is 2.00 bits per heavy atom. The largest absolute Gasteiger partial charge is 0.390 e. The summed E-state index contributed by atoms with van der Waals surface area (Å²) in [7, 11) is 1.85. The molecule has 6 rings (SSSR count). The van der Waals surface area contributed by atoms with Gasteiger partial charge >= 0.3 is 0 Å². The van der Waals surface area contributed by atoms with Crippen LogP contribution < -0.4 is 0 Å². The minimum atomic E-state index is -0.542. The minimum absolute atomic E-state index is 0.0503. The van der Waals surface area contributed by atoms with Crippen LogP contribution in [-0.2, 0) is 16.1 Å². The van der Waals surface area contributed by atoms with Gasteiger partial charge < -0.3 is 9.84 Å². The number of aliphatic hydroxyl groups is 1. The first-order chi connectivity index (χ1) is 17.2. The average molecular weight is 560 g/mol. The van der Waals surface area contributed by atoms with Crippen molar-refractivity contribution >= 4 is 32.9 Å². The first kappa shape index (κ1) is 24.9. The lowest BCUT2D eigenvalue weighted by Crippen LogP contribution is -2.58. The lowest BCUT2D eigenvalue weighted by Gasteiger charge is -2.62. The molecule has 8 atom stereocenters. The molecular formula is C28H39BrN4O3. The number of pyridine rings is 1. The highest BCUT2D eigenvalue weighted by molar-refractivity contribution is 9.10. The predicted molar refractivity (Wildman–Crippen MR) is 140 cm³/mol. The Bertz CT molecular complexity index is 1170. The fourth-order valence-electron chi connectivity index (χ4n) is 9.52. The normalized spacial score (nSPS) is 42.1. The van der Waals surface area contributed by atoms with Crippen LogP contribution in [0.1, 0.15) is 71.6 Å². The van der Waals surface area contributed by atoms with Crippen molar-refractivity contribution in [3.05, 3.63) is 16.7 Å². The number of carbonyl (C=O) groups is 1. The van der Waals surface area contributed by atoms with Crippen LogP contribution >= 0.6 is 15.9 Å². The first-order valence-corrected chi connectivity index (χ1v) is 14.5. The van der Waals surface area contributed by atoms with Gasteiger partial charge in [-0.2, -0.15) is 0 Å². The molecular weight excluding hydrogens is 520 g/mol. The molecule has 4 aliphatic carbocycles. The van der Waals surface area contributed by atoms with E-state index >= 15 is 0 Å². The summed E-state index contributed by atoms with van der Waals surface area (Å²) in [5.41, 5.74) is 1.07. The predicted octanol–water partition coefficient (Wildman–Crippen LogP) is 5.19. The highest BCUT2D eigenvalue weighted by Crippen LogP contribution is 2.68. The van der Waals surface area contributed by atoms with Crippen molar-refractivity contribution in [1.82, 2.24) is 20.0 Å². The summed E-state index contributed by atoms with van der Waals surface area (Å²) >= 11 is 3.48. The Labute approximate surface area is 221 Å². The summed E-state index contributed by atoms with van der Waals surface area (Å²) in [5, 5.41) is 19.3. The Kier molecular flexibility index (Phi) is 6.12. The maximum absolute atomic E-state index is 13.8. The summed E-state index contributed by atoms with van der Waals surface area (Å²) in [5.74, 6) is 2.79. The Morgan fingerprint density at radius 3 is 2.81 bits per heavy atom. The third-order valence-electron chi connectivity index (χ3n) is 11.1. The van der Waals surface area contributed by atoms with Gasteiger partial charge in [-0.1, -0.05) is 12.1 Å². The lowest BCUT2D eigenvalue weighted by molar-refractivity contribution is -0.175. The van der Waals surface area contributed by atoms with Crippen molar-refractivity contribution in [1.29, 1.82) is 0 Å². The highest BCUT2D eigenvalue weighted by Gasteiger charge is 2.63. The molecule has 4 saturated carbocycles. The van der Waals surface area contributed by atoms with Crippen LogP contribution in [-0.4, -0.2) is 50.2 Å². The molecule has 2 aromatic rings. The number of hydrogen-bond donors (Lipinski definition) is 1. The molecule has 1 N–H and O–H groups in total. The number of ether oxygens (including phenoxy) is 1. The number of fused-ring (bicyclic) bond motifs is 6. The maximum Gasteiger partial charge on any atom is 0.201 e. The van der Waals surface area contributed by atoms with Gasteiger partial charge in [0.1, 0.15) is 12.1 Å². The molecule has 0 saturated heterocycles. The van der Waals surface area contributed by atoms with Crippen molar-refractivity contribution in [2.75, 3.05) is 13.7 Å². The second-order valence-corrected chi connectivity index (χ2v) is 13.8. The van der Waals surface area contributed by atoms with Gasteiger partial charge in [0.05, 0.1) is 12.2 Å². The Morgan fingerprint density at radius 1 is 1.17 bits per heavy atom. The number of ketones is 1. The fourth-order valence-corrected chi connectivity index (χ4v) is 9.84. The molecule has 0 aliphatic heterocycles. The van der Waals surface area contributed by atoms with E-state index in [4.69, 9.17) is 4.74 Å². The van der Waals surface area contributed by atoms with Crippen molar-refractivity contribution in [3.8, 4) is 0 Å². The van der Waals surface area contributed by atoms with Crippen LogP contribution in [0.2, 0.25) is 0 Å². The van der Waals surface area contributed by atoms with E-state index in [0.29, 0.717) is 35.1 Å². The first-order valence-electron chi connectivity index (χ1n) is 13.8. The monoisotopic (exact) mass is 558 g/mol. The van der Waals surface area contributed by atoms with Crippen LogP contribution in [0.3, 0.4) is 0 Å². The maximum atomic E-state index is 13.8. The van der Waals surface area contributed by atoms with Crippen molar-refractivity contribution in [2.45, 2.75) is 83.8 Å². The molecule has 7 nitrogen and oxygen atoms in total. The number of rotatable bonds is 5. The van der Waals surface area contributed by atoms with Crippen LogP contribution in [0.15, 0.2) is 16.7 Å². The molecule has 196 valence electrons. The number of methoxy groups -OCH3 is 1. The number of hydrogen-bond acceptors (Lipinski definition) is 6. The average Bonchev–Trinajstić information content (AvgIpc) is 3.39. The number of nitrogens with zero attached hydrogens (tertiary/aromatic N) is 4. The molecule has 0 aromatic carbocycles. The zero-order chi connectivity index (χ0) is 25.3. The summed E-state index contributed by atoms with van der Waals surface area (Å²) < 4.78 is 8.49. The van der Waals surface area contributed by atoms with Crippen LogP contribution in [0.5, 0.6) is 0 Å². The van der Waals surface area contributed by atoms with Gasteiger partial charge in [-0.15, -0.1) is 5.10 Å². The fraction of sp³-hybridized carbons (Fsp3) is 0.786. The van der Waals surface area contributed by atoms with E-state index in [1.54, 1.807) is 10.9 Å². The molecule has 8 heteroatoms. The summed E-state index contributed by atoms with van der Waals surface area (Å²) in [6.45, 7) is 5.50. The zero-order valence-corrected chi connectivity index (χ0v) is 23.3. The van der Waals surface area contributed by atoms with Crippen LogP contribution in [0.25, 0.3) is 11.2 Å². The van der Waals surface area contributed by atoms with Gasteiger partial charge in [-0.25, -0.2) is 9.67 Å². The second kappa shape index (κ2) is 8.84. The summed E-state index contributed by atoms with van der Waals surface area (Å²) in [6, 6.07) is 1.94. The minimum Gasteiger partial charge on any atom is -0.390 e. The van der Waals surface area contributed by atoms with E-state index in [1.807, 2.05) is 20.1 Å². The quantitative estimate of drug-likeness (QED) is 0.542. The molecule has 2 heterocycles. The van der Waals surface area contributed by atoms with Gasteiger partial charge in [0, 0.05) is 23.7 Å². The van der Waals surface area contributed by atoms with Gasteiger partial charge in [0.2, 0.25) is 5.65 Å². The standard InChI is InChI=1S/C28H39BrN4O3/c1-26(35)10-11-28(16-36-3)17(13-26)4-5-19-20-6-7-22(27(20,2)9-8-21(19)28)24(34)15-33-23-12-18(29)14-30-25(23)31-32-33/h12,14,17,19-22,35H,4-11,13,15-16H2,1-3H3/t17-,19-,20-,21-,22+,26+,27-,28+/m0/s1. The van der Waals surface area contributed by atoms with Crippen molar-refractivity contribution < 1.29 is 14.6 Å². The van der Waals surface area contributed by atoms with Gasteiger partial charge in [0.25, 0.3) is 0 Å². The van der Waals surface area contributed by atoms with E-state index < -0.39 is 5.60 Å². The van der Waals surface area contributed by atoms with Crippen molar-refractivity contribution in [2.24, 2.45) is 40.4 Å². The van der Waals surface area contributed by atoms with Crippen molar-refractivity contribution in [3.63, 3.8) is 0 Å². The molecule has 0 bridgehead atoms. The molecule has 0 radical (unpaired) electrons. The molecule has 4 aliphatic rings. The number of aromatic nitrogens is 4. The van der Waals surface area contributed by atoms with Gasteiger partial charge in [0.15, 0.2) is 5.78 Å². The Hall–Kier alpha value is -1.38. The number of carbonyl (C=O) groups excluding carboxylic acids is 1. The van der Waals surface area contributed by atoms with E-state index in [0.717, 1.165) is 55.1 Å². The third-order valence-corrected chi connectivity index (χ3v) is 11.5. The van der Waals surface area contributed by atoms with Gasteiger partial charge in [-0.05, 0) is 121 Å². The lowest BCUT2D eigenvalue weighted by atomic mass is 9.43. The third kappa shape index (κ3) is 3.80. The number of halogens is 1. The zero-order valence-electron chi connectivity index (χ0n) is 21.8. The molecule has 2 aromatic heterocycles. The van der Waals surface area contributed by atoms with E-state index in [2.05, 4.69) is 38.1 Å². The second-order valence-electron chi connectivity index (χ2n) is 12.9. The smallest absolute Gasteiger partial charge is 0.201 e. The van der Waals surface area contributed by atoms with E-state index in [1.165, 1.54) is 19.3 Å². The summed E-state index contributed by atoms with van der Waals surface area (Å²) in [6.07, 6.45) is 11.4. The molecule has 0 unspecified atom stereocenters. The Balaban J connectivity index is 1.24. The van der Waals surface area contributed by atoms with Crippen LogP contribution in [0.4, 0.5) is 0 Å². The topological polar surface area (TPSA) is 90.1 Å². The number of Topliss-reactive ketones (excluding diaryl/α,β-unsaturated/α-hetero) is 1. The summed E-state index contributed by atoms with van der Waals surface area (Å²) in [4.78, 5) is 18.1. The molecule has 4 fully saturated rings. The molecule has 36 heavy (non-hydrogen) atoms. The SMILES string of the molecule is COC[C@]12CC[C@@](C)(O)C[C@@H]1CC[C@H]1[C@@H]3CC[C@H](C(=O)Cn4nnc5ncc(Br)cc54)[C@@]3(C)CC[C@@H]12. The molecule has 0 spiro atoms. The van der Waals surface area contributed by atoms with E-state index in [-0.39, 0.29) is 23.3 Å². The highest BCUT2D eigenvalue weighted by atomic mass is 79.9. The van der Waals surface area contributed by atoms with Crippen LogP contribution in [0, 0.1) is 40.4 Å².